The number of carbonyl (C=O) groups is 1. The van der Waals surface area contributed by atoms with Gasteiger partial charge in [-0.3, -0.25) is 9.48 Å². The molecule has 0 saturated carbocycles. The number of aryl methyl sites for hydroxylation is 1. The van der Waals surface area contributed by atoms with E-state index in [1.54, 1.807) is 0 Å². The molecule has 1 amide bonds. The predicted molar refractivity (Wildman–Crippen MR) is 106 cm³/mol. The van der Waals surface area contributed by atoms with Crippen molar-refractivity contribution in [2.45, 2.75) is 44.7 Å². The molecule has 4 rings (SSSR count). The van der Waals surface area contributed by atoms with Gasteiger partial charge in [-0.05, 0) is 36.8 Å². The second kappa shape index (κ2) is 8.21. The molecule has 1 aliphatic rings. The third kappa shape index (κ3) is 4.27. The lowest BCUT2D eigenvalue weighted by molar-refractivity contribution is -0.121. The summed E-state index contributed by atoms with van der Waals surface area (Å²) in [5.74, 6) is 0.118. The minimum absolute atomic E-state index is 0.0848. The predicted octanol–water partition coefficient (Wildman–Crippen LogP) is 4.06. The summed E-state index contributed by atoms with van der Waals surface area (Å²) in [6.45, 7) is 0.783. The number of rotatable bonds is 6. The first-order valence-corrected chi connectivity index (χ1v) is 9.71. The lowest BCUT2D eigenvalue weighted by atomic mass is 9.92. The molecule has 0 spiro atoms. The average Bonchev–Trinajstić information content (AvgIpc) is 3.12. The van der Waals surface area contributed by atoms with Crippen LogP contribution in [-0.2, 0) is 24.2 Å². The minimum Gasteiger partial charge on any atom is -0.349 e. The molecule has 1 atom stereocenters. The maximum Gasteiger partial charge on any atom is 0.220 e. The van der Waals surface area contributed by atoms with Crippen molar-refractivity contribution < 1.29 is 4.79 Å². The van der Waals surface area contributed by atoms with Crippen molar-refractivity contribution in [3.63, 3.8) is 0 Å². The first-order chi connectivity index (χ1) is 13.3. The molecule has 3 aromatic rings. The second-order valence-corrected chi connectivity index (χ2v) is 7.19. The Kier molecular flexibility index (Phi) is 5.33. The molecule has 0 unspecified atom stereocenters. The fourth-order valence-corrected chi connectivity index (χ4v) is 3.83. The maximum atomic E-state index is 12.5. The third-order valence-corrected chi connectivity index (χ3v) is 5.26. The van der Waals surface area contributed by atoms with Gasteiger partial charge in [-0.2, -0.15) is 5.10 Å². The van der Waals surface area contributed by atoms with Gasteiger partial charge in [0.15, 0.2) is 0 Å². The molecule has 4 heteroatoms. The zero-order valence-electron chi connectivity index (χ0n) is 15.5. The van der Waals surface area contributed by atoms with E-state index in [9.17, 15) is 4.79 Å². The summed E-state index contributed by atoms with van der Waals surface area (Å²) in [7, 11) is 0. The molecule has 1 aliphatic carbocycles. The zero-order chi connectivity index (χ0) is 18.5. The van der Waals surface area contributed by atoms with Gasteiger partial charge in [-0.25, -0.2) is 0 Å². The average molecular weight is 359 g/mol. The molecule has 0 saturated heterocycles. The van der Waals surface area contributed by atoms with Gasteiger partial charge in [-0.15, -0.1) is 0 Å². The van der Waals surface area contributed by atoms with E-state index in [1.807, 2.05) is 30.5 Å². The summed E-state index contributed by atoms with van der Waals surface area (Å²) in [5, 5.41) is 7.84. The highest BCUT2D eigenvalue weighted by Gasteiger charge is 2.25. The largest absolute Gasteiger partial charge is 0.349 e. The van der Waals surface area contributed by atoms with E-state index in [2.05, 4.69) is 51.5 Å². The molecular weight excluding hydrogens is 334 g/mol. The molecule has 1 aromatic heterocycles. The second-order valence-electron chi connectivity index (χ2n) is 7.19. The van der Waals surface area contributed by atoms with Crippen LogP contribution >= 0.6 is 0 Å². The van der Waals surface area contributed by atoms with E-state index < -0.39 is 0 Å². The van der Waals surface area contributed by atoms with Gasteiger partial charge < -0.3 is 5.32 Å². The Labute approximate surface area is 160 Å². The Hall–Kier alpha value is -2.88. The lowest BCUT2D eigenvalue weighted by Gasteiger charge is -2.24. The molecule has 0 aliphatic heterocycles. The van der Waals surface area contributed by atoms with Gasteiger partial charge in [-0.1, -0.05) is 60.7 Å². The Morgan fingerprint density at radius 3 is 2.48 bits per heavy atom. The zero-order valence-corrected chi connectivity index (χ0v) is 15.5. The maximum absolute atomic E-state index is 12.5. The van der Waals surface area contributed by atoms with Crippen LogP contribution in [0.1, 0.15) is 47.7 Å². The van der Waals surface area contributed by atoms with Gasteiger partial charge in [0.1, 0.15) is 0 Å². The molecule has 1 heterocycles. The van der Waals surface area contributed by atoms with Crippen LogP contribution in [0.25, 0.3) is 0 Å². The third-order valence-electron chi connectivity index (χ3n) is 5.26. The summed E-state index contributed by atoms with van der Waals surface area (Å²) in [4.78, 5) is 12.5. The van der Waals surface area contributed by atoms with E-state index >= 15 is 0 Å². The van der Waals surface area contributed by atoms with Crippen molar-refractivity contribution in [3.8, 4) is 0 Å². The van der Waals surface area contributed by atoms with Crippen molar-refractivity contribution in [2.75, 3.05) is 0 Å². The minimum atomic E-state index is 0.0848. The Balaban J connectivity index is 1.40. The number of benzene rings is 2. The Morgan fingerprint density at radius 1 is 1.04 bits per heavy atom. The molecule has 0 fully saturated rings. The molecule has 0 radical (unpaired) electrons. The van der Waals surface area contributed by atoms with Gasteiger partial charge in [0.2, 0.25) is 5.91 Å². The number of aromatic nitrogens is 2. The fraction of sp³-hybridized carbons (Fsp3) is 0.304. The van der Waals surface area contributed by atoms with Crippen molar-refractivity contribution in [1.29, 1.82) is 0 Å². The van der Waals surface area contributed by atoms with Crippen LogP contribution in [-0.4, -0.2) is 15.7 Å². The number of carbonyl (C=O) groups excluding carboxylic acids is 1. The smallest absolute Gasteiger partial charge is 0.220 e. The van der Waals surface area contributed by atoms with Crippen LogP contribution in [0.15, 0.2) is 66.9 Å². The number of nitrogens with zero attached hydrogens (tertiary/aromatic N) is 2. The highest BCUT2D eigenvalue weighted by Crippen LogP contribution is 2.30. The normalized spacial score (nSPS) is 15.9. The lowest BCUT2D eigenvalue weighted by Crippen LogP contribution is -2.31. The monoisotopic (exact) mass is 359 g/mol. The van der Waals surface area contributed by atoms with Crippen LogP contribution in [0.4, 0.5) is 0 Å². The van der Waals surface area contributed by atoms with E-state index in [-0.39, 0.29) is 11.9 Å². The molecular formula is C23H25N3O. The van der Waals surface area contributed by atoms with E-state index in [0.717, 1.165) is 32.2 Å². The van der Waals surface area contributed by atoms with Crippen LogP contribution in [0.2, 0.25) is 0 Å². The van der Waals surface area contributed by atoms with Crippen molar-refractivity contribution in [1.82, 2.24) is 15.1 Å². The summed E-state index contributed by atoms with van der Waals surface area (Å²) < 4.78 is 2.09. The first-order valence-electron chi connectivity index (χ1n) is 9.71. The summed E-state index contributed by atoms with van der Waals surface area (Å²) in [5.41, 5.74) is 4.90. The molecule has 138 valence electrons. The summed E-state index contributed by atoms with van der Waals surface area (Å²) in [6.07, 6.45) is 6.34. The van der Waals surface area contributed by atoms with Crippen LogP contribution in [0, 0.1) is 0 Å². The topological polar surface area (TPSA) is 46.9 Å². The van der Waals surface area contributed by atoms with Crippen molar-refractivity contribution in [2.24, 2.45) is 0 Å². The molecule has 4 nitrogen and oxygen atoms in total. The van der Waals surface area contributed by atoms with Crippen molar-refractivity contribution in [3.05, 3.63) is 89.2 Å². The van der Waals surface area contributed by atoms with E-state index in [0.29, 0.717) is 6.42 Å². The number of nitrogens with one attached hydrogen (secondary N) is 1. The van der Waals surface area contributed by atoms with Gasteiger partial charge in [0.05, 0.1) is 18.8 Å². The standard InChI is InChI=1S/C23H25N3O/c27-23(15-14-18-8-3-1-4-9-18)25-21-12-7-13-22-20(21)16-24-26(22)17-19-10-5-2-6-11-19/h1-6,8-11,16,21H,7,12-15,17H2,(H,25,27)/t21-/m1/s1. The molecule has 2 aromatic carbocycles. The molecule has 0 bridgehead atoms. The number of hydrogen-bond acceptors (Lipinski definition) is 2. The molecule has 1 N–H and O–H groups in total. The Bertz CT molecular complexity index is 887. The summed E-state index contributed by atoms with van der Waals surface area (Å²) in [6, 6.07) is 20.6. The molecule has 27 heavy (non-hydrogen) atoms. The van der Waals surface area contributed by atoms with E-state index in [1.165, 1.54) is 22.4 Å². The Morgan fingerprint density at radius 2 is 1.74 bits per heavy atom. The highest BCUT2D eigenvalue weighted by molar-refractivity contribution is 5.76. The highest BCUT2D eigenvalue weighted by atomic mass is 16.1. The summed E-state index contributed by atoms with van der Waals surface area (Å²) >= 11 is 0. The number of hydrogen-bond donors (Lipinski definition) is 1. The first kappa shape index (κ1) is 17.5. The quantitative estimate of drug-likeness (QED) is 0.721. The number of fused-ring (bicyclic) bond motifs is 1. The van der Waals surface area contributed by atoms with Crippen molar-refractivity contribution >= 4 is 5.91 Å². The van der Waals surface area contributed by atoms with Crippen LogP contribution in [0.5, 0.6) is 0 Å². The van der Waals surface area contributed by atoms with Crippen LogP contribution in [0.3, 0.4) is 0 Å². The number of amides is 1. The van der Waals surface area contributed by atoms with E-state index in [4.69, 9.17) is 0 Å². The SMILES string of the molecule is O=C(CCc1ccccc1)N[C@@H]1CCCc2c1cnn2Cc1ccccc1. The van der Waals surface area contributed by atoms with Gasteiger partial charge >= 0.3 is 0 Å². The van der Waals surface area contributed by atoms with Crippen LogP contribution < -0.4 is 5.32 Å². The fourth-order valence-electron chi connectivity index (χ4n) is 3.83. The van der Waals surface area contributed by atoms with Gasteiger partial charge in [0.25, 0.3) is 0 Å². The van der Waals surface area contributed by atoms with Gasteiger partial charge in [0, 0.05) is 17.7 Å².